The molecule has 0 aliphatic heterocycles. The van der Waals surface area contributed by atoms with Crippen molar-refractivity contribution in [1.82, 2.24) is 0 Å². The number of hydrogen-bond donors (Lipinski definition) is 3. The van der Waals surface area contributed by atoms with Gasteiger partial charge in [0.05, 0.1) is 10.6 Å². The van der Waals surface area contributed by atoms with Crippen LogP contribution < -0.4 is 10.5 Å². The number of primary sulfonamides is 1. The number of benzene rings is 1. The summed E-state index contributed by atoms with van der Waals surface area (Å²) in [6, 6.07) is 7.66. The Kier molecular flexibility index (Phi) is 4.29. The van der Waals surface area contributed by atoms with Crippen molar-refractivity contribution in [2.75, 3.05) is 5.32 Å². The Morgan fingerprint density at radius 1 is 1.20 bits per heavy atom. The smallest absolute Gasteiger partial charge is 0.238 e. The van der Waals surface area contributed by atoms with E-state index in [4.69, 9.17) is 20.9 Å². The minimum absolute atomic E-state index is 0.170. The van der Waals surface area contributed by atoms with Gasteiger partial charge < -0.3 is 10.4 Å². The summed E-state index contributed by atoms with van der Waals surface area (Å²) in [5, 5.41) is 43.0. The fourth-order valence-electron chi connectivity index (χ4n) is 1.21. The summed E-state index contributed by atoms with van der Waals surface area (Å²) < 4.78 is 22.4. The quantitative estimate of drug-likeness (QED) is 0.531. The topological polar surface area (TPSA) is 164 Å². The monoisotopic (exact) mass is 289 g/mol. The molecule has 1 aromatic rings. The molecule has 0 spiro atoms. The molecule has 100 valence electrons. The molecule has 0 unspecified atom stereocenters. The van der Waals surface area contributed by atoms with Crippen molar-refractivity contribution < 1.29 is 13.5 Å². The van der Waals surface area contributed by atoms with Gasteiger partial charge >= 0.3 is 0 Å². The summed E-state index contributed by atoms with van der Waals surface area (Å²) >= 11 is 0. The lowest BCUT2D eigenvalue weighted by Gasteiger charge is -2.08. The fourth-order valence-corrected chi connectivity index (χ4v) is 1.75. The van der Waals surface area contributed by atoms with E-state index in [0.717, 1.165) is 18.2 Å². The van der Waals surface area contributed by atoms with Crippen molar-refractivity contribution >= 4 is 15.7 Å². The number of phenols is 1. The highest BCUT2D eigenvalue weighted by molar-refractivity contribution is 7.89. The summed E-state index contributed by atoms with van der Waals surface area (Å²) in [5.41, 5.74) is -1.10. The second kappa shape index (κ2) is 5.72. The minimum Gasteiger partial charge on any atom is -0.506 e. The lowest BCUT2D eigenvalue weighted by molar-refractivity contribution is 0.477. The molecular formula is C11H7N5O3S. The molecule has 9 heteroatoms. The van der Waals surface area contributed by atoms with Crippen LogP contribution in [0.3, 0.4) is 0 Å². The van der Waals surface area contributed by atoms with E-state index in [9.17, 15) is 13.5 Å². The normalized spacial score (nSPS) is 9.70. The van der Waals surface area contributed by atoms with Crippen LogP contribution in [0.15, 0.2) is 34.4 Å². The lowest BCUT2D eigenvalue weighted by Crippen LogP contribution is -2.12. The maximum Gasteiger partial charge on any atom is 0.238 e. The maximum atomic E-state index is 11.2. The van der Waals surface area contributed by atoms with Crippen molar-refractivity contribution in [2.45, 2.75) is 4.90 Å². The molecule has 0 fully saturated rings. The summed E-state index contributed by atoms with van der Waals surface area (Å²) in [4.78, 5) is -0.300. The van der Waals surface area contributed by atoms with Crippen LogP contribution in [0, 0.1) is 34.0 Å². The minimum atomic E-state index is -4.00. The van der Waals surface area contributed by atoms with E-state index in [2.05, 4.69) is 5.32 Å². The van der Waals surface area contributed by atoms with Crippen molar-refractivity contribution in [3.8, 4) is 24.0 Å². The van der Waals surface area contributed by atoms with Gasteiger partial charge in [0.1, 0.15) is 29.7 Å². The molecule has 0 amide bonds. The van der Waals surface area contributed by atoms with Gasteiger partial charge in [-0.15, -0.1) is 0 Å². The molecule has 4 N–H and O–H groups in total. The molecule has 0 aliphatic carbocycles. The molecule has 0 aromatic heterocycles. The third-order valence-corrected chi connectivity index (χ3v) is 3.05. The predicted molar refractivity (Wildman–Crippen MR) is 67.0 cm³/mol. The number of nitriles is 3. The first-order valence-corrected chi connectivity index (χ1v) is 6.45. The first-order valence-electron chi connectivity index (χ1n) is 4.91. The molecule has 1 rings (SSSR count). The van der Waals surface area contributed by atoms with E-state index in [0.29, 0.717) is 0 Å². The van der Waals surface area contributed by atoms with Crippen molar-refractivity contribution in [3.63, 3.8) is 0 Å². The van der Waals surface area contributed by atoms with E-state index in [1.54, 1.807) is 6.07 Å². The molecule has 0 bridgehead atoms. The zero-order chi connectivity index (χ0) is 15.3. The number of nitrogens with one attached hydrogen (secondary N) is 1. The average Bonchev–Trinajstić information content (AvgIpc) is 2.39. The largest absolute Gasteiger partial charge is 0.506 e. The Morgan fingerprint density at radius 3 is 2.25 bits per heavy atom. The zero-order valence-corrected chi connectivity index (χ0v) is 10.6. The highest BCUT2D eigenvalue weighted by Crippen LogP contribution is 2.27. The Labute approximate surface area is 114 Å². The van der Waals surface area contributed by atoms with Crippen LogP contribution in [0.5, 0.6) is 5.75 Å². The van der Waals surface area contributed by atoms with E-state index < -0.39 is 21.3 Å². The number of anilines is 1. The van der Waals surface area contributed by atoms with Crippen LogP contribution in [0.4, 0.5) is 5.69 Å². The first-order chi connectivity index (χ1) is 9.33. The second-order valence-corrected chi connectivity index (χ2v) is 5.00. The van der Waals surface area contributed by atoms with Gasteiger partial charge in [-0.3, -0.25) is 0 Å². The molecular weight excluding hydrogens is 282 g/mol. The molecule has 0 radical (unpaired) electrons. The third kappa shape index (κ3) is 3.24. The van der Waals surface area contributed by atoms with Gasteiger partial charge in [-0.1, -0.05) is 0 Å². The molecule has 0 aliphatic rings. The maximum absolute atomic E-state index is 11.2. The summed E-state index contributed by atoms with van der Waals surface area (Å²) in [7, 11) is -4.00. The van der Waals surface area contributed by atoms with E-state index in [1.807, 2.05) is 0 Å². The van der Waals surface area contributed by atoms with Gasteiger partial charge in [-0.05, 0) is 18.2 Å². The van der Waals surface area contributed by atoms with E-state index >= 15 is 0 Å². The average molecular weight is 289 g/mol. The van der Waals surface area contributed by atoms with Gasteiger partial charge in [0.2, 0.25) is 10.0 Å². The van der Waals surface area contributed by atoms with Crippen LogP contribution >= 0.6 is 0 Å². The van der Waals surface area contributed by atoms with Crippen LogP contribution in [0.25, 0.3) is 0 Å². The molecule has 1 aromatic carbocycles. The Balaban J connectivity index is 3.37. The lowest BCUT2D eigenvalue weighted by atomic mass is 10.2. The highest BCUT2D eigenvalue weighted by atomic mass is 32.2. The van der Waals surface area contributed by atoms with Crippen molar-refractivity contribution in [1.29, 1.82) is 15.8 Å². The van der Waals surface area contributed by atoms with E-state index in [-0.39, 0.29) is 16.3 Å². The molecule has 0 heterocycles. The zero-order valence-electron chi connectivity index (χ0n) is 9.82. The molecule has 0 saturated heterocycles. The van der Waals surface area contributed by atoms with Crippen LogP contribution in [0.2, 0.25) is 0 Å². The fraction of sp³-hybridized carbons (Fsp3) is 0. The predicted octanol–water partition coefficient (Wildman–Crippen LogP) is 0.276. The SMILES string of the molecule is N#CC(C#N)=C(C#N)Nc1cc(S(N)(=O)=O)ccc1O. The highest BCUT2D eigenvalue weighted by Gasteiger charge is 2.13. The summed E-state index contributed by atoms with van der Waals surface area (Å²) in [6.45, 7) is 0. The molecule has 20 heavy (non-hydrogen) atoms. The molecule has 8 nitrogen and oxygen atoms in total. The Morgan fingerprint density at radius 2 is 1.80 bits per heavy atom. The van der Waals surface area contributed by atoms with Crippen molar-refractivity contribution in [3.05, 3.63) is 29.5 Å². The number of phenolic OH excluding ortho intramolecular Hbond substituents is 1. The van der Waals surface area contributed by atoms with Crippen LogP contribution in [-0.4, -0.2) is 13.5 Å². The van der Waals surface area contributed by atoms with Gasteiger partial charge in [-0.2, -0.15) is 15.8 Å². The summed E-state index contributed by atoms with van der Waals surface area (Å²) in [5.74, 6) is -0.375. The van der Waals surface area contributed by atoms with Crippen molar-refractivity contribution in [2.24, 2.45) is 5.14 Å². The number of allylic oxidation sites excluding steroid dienone is 2. The number of hydrogen-bond acceptors (Lipinski definition) is 7. The summed E-state index contributed by atoms with van der Waals surface area (Å²) in [6.07, 6.45) is 0. The Bertz CT molecular complexity index is 790. The van der Waals surface area contributed by atoms with Gasteiger partial charge in [0, 0.05) is 0 Å². The molecule has 0 saturated carbocycles. The second-order valence-electron chi connectivity index (χ2n) is 3.43. The van der Waals surface area contributed by atoms with E-state index in [1.165, 1.54) is 12.1 Å². The van der Waals surface area contributed by atoms with Gasteiger partial charge in [0.15, 0.2) is 5.57 Å². The third-order valence-electron chi connectivity index (χ3n) is 2.14. The first kappa shape index (κ1) is 15.0. The number of nitrogens with zero attached hydrogens (tertiary/aromatic N) is 3. The van der Waals surface area contributed by atoms with Crippen LogP contribution in [-0.2, 0) is 10.0 Å². The number of sulfonamides is 1. The number of rotatable bonds is 3. The number of nitrogens with two attached hydrogens (primary N) is 1. The molecule has 0 atom stereocenters. The van der Waals surface area contributed by atoms with Gasteiger partial charge in [-0.25, -0.2) is 13.6 Å². The standard InChI is InChI=1S/C11H7N5O3S/c12-4-7(5-13)10(6-14)16-9-3-8(20(15,18)19)1-2-11(9)17/h1-3,16-17H,(H2,15,18,19). The Hall–Kier alpha value is -3.06. The van der Waals surface area contributed by atoms with Crippen LogP contribution in [0.1, 0.15) is 0 Å². The number of aromatic hydroxyl groups is 1. The van der Waals surface area contributed by atoms with Gasteiger partial charge in [0.25, 0.3) is 0 Å².